The number of hydrogen-bond donors (Lipinski definition) is 3. The summed E-state index contributed by atoms with van der Waals surface area (Å²) in [4.78, 5) is 36.5. The summed E-state index contributed by atoms with van der Waals surface area (Å²) in [5.74, 6) is -1.64. The number of aliphatic hydroxyl groups is 2. The van der Waals surface area contributed by atoms with E-state index in [0.29, 0.717) is 11.1 Å². The number of methoxy groups -OCH3 is 1. The Morgan fingerprint density at radius 2 is 1.97 bits per heavy atom. The third-order valence-electron chi connectivity index (χ3n) is 4.95. The van der Waals surface area contributed by atoms with Crippen LogP contribution in [0.4, 0.5) is 0 Å². The summed E-state index contributed by atoms with van der Waals surface area (Å²) in [5, 5.41) is 21.7. The molecule has 30 heavy (non-hydrogen) atoms. The second-order valence-corrected chi connectivity index (χ2v) is 7.13. The number of fused-ring (bicyclic) bond motifs is 1. The first-order chi connectivity index (χ1) is 14.2. The number of carbonyl (C=O) groups excluding carboxylic acids is 3. The fraction of sp³-hybridized carbons (Fsp3) is 0.409. The molecule has 2 rings (SSSR count). The number of hydrogen-bond acceptors (Lipinski definition) is 7. The minimum atomic E-state index is -1.74. The van der Waals surface area contributed by atoms with Crippen LogP contribution in [0.1, 0.15) is 27.2 Å². The summed E-state index contributed by atoms with van der Waals surface area (Å²) in [6.45, 7) is 4.78. The molecule has 2 heterocycles. The van der Waals surface area contributed by atoms with E-state index in [9.17, 15) is 19.5 Å². The van der Waals surface area contributed by atoms with Crippen molar-refractivity contribution in [2.45, 2.75) is 44.6 Å². The van der Waals surface area contributed by atoms with Crippen LogP contribution < -0.4 is 5.32 Å². The van der Waals surface area contributed by atoms with E-state index in [1.165, 1.54) is 7.11 Å². The number of Topliss-reactive ketones (excluding diaryl/α,β-unsaturated/α-hetero) is 1. The van der Waals surface area contributed by atoms with Gasteiger partial charge < -0.3 is 25.0 Å². The van der Waals surface area contributed by atoms with E-state index in [-0.39, 0.29) is 13.0 Å². The van der Waals surface area contributed by atoms with Gasteiger partial charge in [0.1, 0.15) is 0 Å². The van der Waals surface area contributed by atoms with Crippen LogP contribution in [0.5, 0.6) is 0 Å². The maximum absolute atomic E-state index is 12.7. The first kappa shape index (κ1) is 23.5. The molecule has 0 aromatic carbocycles. The molecule has 162 valence electrons. The molecule has 0 radical (unpaired) electrons. The Morgan fingerprint density at radius 3 is 2.53 bits per heavy atom. The number of ketones is 1. The van der Waals surface area contributed by atoms with E-state index < -0.39 is 35.1 Å². The molecule has 3 N–H and O–H groups in total. The summed E-state index contributed by atoms with van der Waals surface area (Å²) in [5.41, 5.74) is -1.89. The van der Waals surface area contributed by atoms with E-state index in [0.717, 1.165) is 5.57 Å². The van der Waals surface area contributed by atoms with Gasteiger partial charge in [-0.2, -0.15) is 0 Å². The quantitative estimate of drug-likeness (QED) is 0.168. The van der Waals surface area contributed by atoms with Crippen molar-refractivity contribution in [1.82, 2.24) is 5.32 Å². The van der Waals surface area contributed by atoms with Gasteiger partial charge in [-0.15, -0.1) is 0 Å². The zero-order chi connectivity index (χ0) is 22.5. The molecule has 2 aliphatic heterocycles. The van der Waals surface area contributed by atoms with Crippen LogP contribution in [0.25, 0.3) is 0 Å². The summed E-state index contributed by atoms with van der Waals surface area (Å²) in [6.07, 6.45) is 10.6. The fourth-order valence-corrected chi connectivity index (χ4v) is 3.26. The van der Waals surface area contributed by atoms with Gasteiger partial charge in [0.05, 0.1) is 12.7 Å². The van der Waals surface area contributed by atoms with Gasteiger partial charge in [0.2, 0.25) is 11.4 Å². The summed E-state index contributed by atoms with van der Waals surface area (Å²) in [6, 6.07) is 0. The standard InChI is InChI=1S/C22H27NO7/c1-5-16(18(26)29-4)13-14(2)9-7-6-8-10-15(3)17(25)22-19(30-22)21(28,11-12-24)23-20(22)27/h5-10,13,19,24,28H,11-12H2,1-4H3,(H,23,27)/b8-6+,9-7+,14-13+,15-10+,16-5+/t19-,21+,22-/m0/s1. The highest BCUT2D eigenvalue weighted by Crippen LogP contribution is 2.50. The van der Waals surface area contributed by atoms with Crippen LogP contribution in [0.3, 0.4) is 0 Å². The molecule has 8 nitrogen and oxygen atoms in total. The van der Waals surface area contributed by atoms with Gasteiger partial charge in [-0.3, -0.25) is 9.59 Å². The van der Waals surface area contributed by atoms with Gasteiger partial charge in [-0.25, -0.2) is 4.79 Å². The molecule has 3 atom stereocenters. The van der Waals surface area contributed by atoms with Gasteiger partial charge >= 0.3 is 5.97 Å². The minimum absolute atomic E-state index is 0.121. The minimum Gasteiger partial charge on any atom is -0.465 e. The number of allylic oxidation sites excluding steroid dienone is 7. The molecule has 2 saturated heterocycles. The predicted octanol–water partition coefficient (Wildman–Crippen LogP) is 1.02. The first-order valence-electron chi connectivity index (χ1n) is 9.49. The van der Waals surface area contributed by atoms with Crippen molar-refractivity contribution in [3.8, 4) is 0 Å². The number of morpholine rings is 1. The number of carbonyl (C=O) groups is 3. The largest absolute Gasteiger partial charge is 0.465 e. The summed E-state index contributed by atoms with van der Waals surface area (Å²) >= 11 is 0. The molecule has 0 aromatic heterocycles. The van der Waals surface area contributed by atoms with Crippen molar-refractivity contribution in [2.75, 3.05) is 13.7 Å². The Bertz CT molecular complexity index is 880. The first-order valence-corrected chi connectivity index (χ1v) is 9.49. The predicted molar refractivity (Wildman–Crippen MR) is 109 cm³/mol. The third kappa shape index (κ3) is 4.51. The van der Waals surface area contributed by atoms with E-state index in [2.05, 4.69) is 10.1 Å². The molecular formula is C22H27NO7. The van der Waals surface area contributed by atoms with Gasteiger partial charge in [0.25, 0.3) is 5.91 Å². The van der Waals surface area contributed by atoms with Crippen molar-refractivity contribution < 1.29 is 34.1 Å². The lowest BCUT2D eigenvalue weighted by molar-refractivity contribution is -0.138. The average Bonchev–Trinajstić information content (AvgIpc) is 3.44. The van der Waals surface area contributed by atoms with Crippen molar-refractivity contribution in [3.05, 3.63) is 59.3 Å². The maximum atomic E-state index is 12.7. The Balaban J connectivity index is 2.01. The third-order valence-corrected chi connectivity index (χ3v) is 4.95. The normalized spacial score (nSPS) is 29.3. The molecule has 0 unspecified atom stereocenters. The van der Waals surface area contributed by atoms with Crippen molar-refractivity contribution in [3.63, 3.8) is 0 Å². The van der Waals surface area contributed by atoms with Crippen LogP contribution >= 0.6 is 0 Å². The van der Waals surface area contributed by atoms with Gasteiger partial charge in [0, 0.05) is 13.0 Å². The molecule has 0 spiro atoms. The second-order valence-electron chi connectivity index (χ2n) is 7.13. The second kappa shape index (κ2) is 9.34. The van der Waals surface area contributed by atoms with Crippen molar-refractivity contribution in [1.29, 1.82) is 0 Å². The fourth-order valence-electron chi connectivity index (χ4n) is 3.26. The Morgan fingerprint density at radius 1 is 1.27 bits per heavy atom. The molecule has 8 heteroatoms. The van der Waals surface area contributed by atoms with E-state index in [1.54, 1.807) is 56.4 Å². The zero-order valence-electron chi connectivity index (χ0n) is 17.5. The molecule has 0 aromatic rings. The zero-order valence-corrected chi connectivity index (χ0v) is 17.5. The SMILES string of the molecule is C\C=C(/C=C(C)/C=C/C=C/C=C(\C)C(=O)[C@]12O[C@H]1[C@](O)(CCO)NC2=O)C(=O)OC. The number of aliphatic hydroxyl groups excluding tert-OH is 1. The van der Waals surface area contributed by atoms with Crippen LogP contribution in [0.2, 0.25) is 0 Å². The number of nitrogens with one attached hydrogen (secondary N) is 1. The van der Waals surface area contributed by atoms with Gasteiger partial charge in [0.15, 0.2) is 11.8 Å². The molecule has 0 saturated carbocycles. The molecule has 1 amide bonds. The van der Waals surface area contributed by atoms with Gasteiger partial charge in [-0.1, -0.05) is 42.0 Å². The number of amides is 1. The van der Waals surface area contributed by atoms with E-state index in [4.69, 9.17) is 9.84 Å². The topological polar surface area (TPSA) is 125 Å². The van der Waals surface area contributed by atoms with E-state index >= 15 is 0 Å². The smallest absolute Gasteiger partial charge is 0.337 e. The highest BCUT2D eigenvalue weighted by atomic mass is 16.6. The highest BCUT2D eigenvalue weighted by molar-refractivity contribution is 6.21. The number of ether oxygens (including phenoxy) is 2. The molecule has 0 bridgehead atoms. The maximum Gasteiger partial charge on any atom is 0.337 e. The Hall–Kier alpha value is -2.81. The van der Waals surface area contributed by atoms with Crippen LogP contribution in [-0.2, 0) is 23.9 Å². The number of epoxide rings is 1. The Labute approximate surface area is 175 Å². The van der Waals surface area contributed by atoms with Crippen molar-refractivity contribution in [2.24, 2.45) is 0 Å². The van der Waals surface area contributed by atoms with Gasteiger partial charge in [-0.05, 0) is 32.4 Å². The monoisotopic (exact) mass is 417 g/mol. The van der Waals surface area contributed by atoms with Crippen LogP contribution in [0.15, 0.2) is 59.3 Å². The Kier molecular flexibility index (Phi) is 7.30. The lowest BCUT2D eigenvalue weighted by Crippen LogP contribution is -2.48. The summed E-state index contributed by atoms with van der Waals surface area (Å²) < 4.78 is 9.97. The number of rotatable bonds is 9. The lowest BCUT2D eigenvalue weighted by atomic mass is 9.92. The molecular weight excluding hydrogens is 390 g/mol. The molecule has 0 aliphatic carbocycles. The van der Waals surface area contributed by atoms with Crippen LogP contribution in [0, 0.1) is 0 Å². The average molecular weight is 417 g/mol. The van der Waals surface area contributed by atoms with Crippen LogP contribution in [-0.4, -0.2) is 59.0 Å². The van der Waals surface area contributed by atoms with Crippen molar-refractivity contribution >= 4 is 17.7 Å². The highest BCUT2D eigenvalue weighted by Gasteiger charge is 2.80. The molecule has 2 fully saturated rings. The number of esters is 1. The van der Waals surface area contributed by atoms with E-state index in [1.807, 2.05) is 6.92 Å². The lowest BCUT2D eigenvalue weighted by Gasteiger charge is -2.22. The molecule has 2 aliphatic rings. The summed E-state index contributed by atoms with van der Waals surface area (Å²) in [7, 11) is 1.32.